The molecular formula is C12H16ClFO2. The highest BCUT2D eigenvalue weighted by Gasteiger charge is 2.16. The number of ether oxygens (including phenoxy) is 1. The van der Waals surface area contributed by atoms with Crippen molar-refractivity contribution in [3.05, 3.63) is 34.6 Å². The van der Waals surface area contributed by atoms with Crippen molar-refractivity contribution in [1.82, 2.24) is 0 Å². The minimum absolute atomic E-state index is 0.0597. The van der Waals surface area contributed by atoms with Crippen LogP contribution in [0.1, 0.15) is 19.4 Å². The predicted molar refractivity (Wildman–Crippen MR) is 61.9 cm³/mol. The summed E-state index contributed by atoms with van der Waals surface area (Å²) in [4.78, 5) is 0. The molecule has 16 heavy (non-hydrogen) atoms. The second kappa shape index (κ2) is 5.62. The van der Waals surface area contributed by atoms with Crippen molar-refractivity contribution in [1.29, 1.82) is 0 Å². The van der Waals surface area contributed by atoms with Crippen molar-refractivity contribution in [2.75, 3.05) is 13.2 Å². The van der Waals surface area contributed by atoms with Crippen LogP contribution >= 0.6 is 11.6 Å². The molecule has 0 spiro atoms. The zero-order valence-corrected chi connectivity index (χ0v) is 10.2. The first-order chi connectivity index (χ1) is 7.44. The van der Waals surface area contributed by atoms with E-state index < -0.39 is 0 Å². The summed E-state index contributed by atoms with van der Waals surface area (Å²) in [7, 11) is 0. The molecule has 0 heterocycles. The molecule has 0 unspecified atom stereocenters. The molecule has 1 rings (SSSR count). The zero-order valence-electron chi connectivity index (χ0n) is 9.46. The first kappa shape index (κ1) is 13.4. The molecule has 0 aliphatic heterocycles. The van der Waals surface area contributed by atoms with E-state index in [1.807, 2.05) is 13.8 Å². The van der Waals surface area contributed by atoms with Gasteiger partial charge in [-0.2, -0.15) is 0 Å². The first-order valence-electron chi connectivity index (χ1n) is 5.07. The summed E-state index contributed by atoms with van der Waals surface area (Å²) in [5.41, 5.74) is 0.476. The van der Waals surface area contributed by atoms with E-state index in [9.17, 15) is 4.39 Å². The van der Waals surface area contributed by atoms with Gasteiger partial charge in [-0.25, -0.2) is 4.39 Å². The van der Waals surface area contributed by atoms with Crippen LogP contribution in [0, 0.1) is 11.2 Å². The predicted octanol–water partition coefficient (Wildman–Crippen LogP) is 3.01. The quantitative estimate of drug-likeness (QED) is 0.866. The number of halogens is 2. The average Bonchev–Trinajstić information content (AvgIpc) is 2.21. The summed E-state index contributed by atoms with van der Waals surface area (Å²) in [6, 6.07) is 4.21. The Bertz CT molecular complexity index is 353. The summed E-state index contributed by atoms with van der Waals surface area (Å²) in [6.07, 6.45) is 0. The van der Waals surface area contributed by atoms with E-state index in [4.69, 9.17) is 21.4 Å². The number of hydrogen-bond donors (Lipinski definition) is 1. The second-order valence-corrected chi connectivity index (χ2v) is 4.96. The number of hydrogen-bond acceptors (Lipinski definition) is 2. The van der Waals surface area contributed by atoms with E-state index in [0.717, 1.165) is 5.56 Å². The van der Waals surface area contributed by atoms with Crippen molar-refractivity contribution in [3.63, 3.8) is 0 Å². The van der Waals surface area contributed by atoms with Gasteiger partial charge < -0.3 is 9.84 Å². The second-order valence-electron chi connectivity index (χ2n) is 4.55. The van der Waals surface area contributed by atoms with Crippen LogP contribution in [-0.2, 0) is 11.3 Å². The monoisotopic (exact) mass is 246 g/mol. The minimum atomic E-state index is -0.357. The molecule has 0 atom stereocenters. The molecule has 1 aromatic carbocycles. The standard InChI is InChI=1S/C12H16ClFO2/c1-12(2,7-15)8-16-6-9-3-4-10(14)5-11(9)13/h3-5,15H,6-8H2,1-2H3. The maximum absolute atomic E-state index is 12.8. The lowest BCUT2D eigenvalue weighted by atomic mass is 9.97. The molecule has 0 saturated heterocycles. The van der Waals surface area contributed by atoms with Gasteiger partial charge in [-0.05, 0) is 17.7 Å². The maximum atomic E-state index is 12.8. The van der Waals surface area contributed by atoms with E-state index in [1.165, 1.54) is 12.1 Å². The molecule has 1 N–H and O–H groups in total. The first-order valence-corrected chi connectivity index (χ1v) is 5.45. The lowest BCUT2D eigenvalue weighted by Gasteiger charge is -2.21. The smallest absolute Gasteiger partial charge is 0.124 e. The van der Waals surface area contributed by atoms with E-state index >= 15 is 0 Å². The lowest BCUT2D eigenvalue weighted by Crippen LogP contribution is -2.23. The Hall–Kier alpha value is -0.640. The summed E-state index contributed by atoms with van der Waals surface area (Å²) < 4.78 is 18.2. The van der Waals surface area contributed by atoms with Crippen molar-refractivity contribution >= 4 is 11.6 Å². The van der Waals surface area contributed by atoms with Crippen LogP contribution in [0.25, 0.3) is 0 Å². The van der Waals surface area contributed by atoms with E-state index in [-0.39, 0.29) is 17.8 Å². The third-order valence-corrected chi connectivity index (χ3v) is 2.55. The minimum Gasteiger partial charge on any atom is -0.396 e. The molecule has 90 valence electrons. The molecule has 4 heteroatoms. The Balaban J connectivity index is 2.49. The van der Waals surface area contributed by atoms with Crippen LogP contribution in [0.3, 0.4) is 0 Å². The van der Waals surface area contributed by atoms with Crippen LogP contribution < -0.4 is 0 Å². The van der Waals surface area contributed by atoms with Gasteiger partial charge in [-0.3, -0.25) is 0 Å². The van der Waals surface area contributed by atoms with Crippen LogP contribution in [0.4, 0.5) is 4.39 Å². The molecule has 0 aromatic heterocycles. The number of aliphatic hydroxyl groups is 1. The van der Waals surface area contributed by atoms with Crippen molar-refractivity contribution < 1.29 is 14.2 Å². The molecule has 0 fully saturated rings. The number of benzene rings is 1. The van der Waals surface area contributed by atoms with Crippen molar-refractivity contribution in [2.24, 2.45) is 5.41 Å². The topological polar surface area (TPSA) is 29.5 Å². The van der Waals surface area contributed by atoms with Crippen LogP contribution in [0.5, 0.6) is 0 Å². The molecular weight excluding hydrogens is 231 g/mol. The van der Waals surface area contributed by atoms with Crippen molar-refractivity contribution in [2.45, 2.75) is 20.5 Å². The third-order valence-electron chi connectivity index (χ3n) is 2.19. The molecule has 0 aliphatic carbocycles. The summed E-state index contributed by atoms with van der Waals surface area (Å²) in [5, 5.41) is 9.39. The Morgan fingerprint density at radius 2 is 2.12 bits per heavy atom. The Morgan fingerprint density at radius 1 is 1.44 bits per heavy atom. The van der Waals surface area contributed by atoms with Gasteiger partial charge in [-0.1, -0.05) is 31.5 Å². The molecule has 0 saturated carbocycles. The normalized spacial score (nSPS) is 11.8. The summed E-state index contributed by atoms with van der Waals surface area (Å²) in [6.45, 7) is 4.61. The van der Waals surface area contributed by atoms with Gasteiger partial charge in [0.05, 0.1) is 19.8 Å². The Morgan fingerprint density at radius 3 is 2.69 bits per heavy atom. The number of rotatable bonds is 5. The highest BCUT2D eigenvalue weighted by molar-refractivity contribution is 6.31. The SMILES string of the molecule is CC(C)(CO)COCc1ccc(F)cc1Cl. The lowest BCUT2D eigenvalue weighted by molar-refractivity contribution is 0.0198. The average molecular weight is 247 g/mol. The van der Waals surface area contributed by atoms with Crippen LogP contribution in [0.15, 0.2) is 18.2 Å². The summed E-state index contributed by atoms with van der Waals surface area (Å²) >= 11 is 5.84. The number of aliphatic hydroxyl groups excluding tert-OH is 1. The van der Waals surface area contributed by atoms with E-state index in [0.29, 0.717) is 18.2 Å². The van der Waals surface area contributed by atoms with E-state index in [1.54, 1.807) is 6.07 Å². The molecule has 0 radical (unpaired) electrons. The van der Waals surface area contributed by atoms with Gasteiger partial charge in [0, 0.05) is 10.4 Å². The largest absolute Gasteiger partial charge is 0.396 e. The van der Waals surface area contributed by atoms with Gasteiger partial charge in [0.1, 0.15) is 5.82 Å². The van der Waals surface area contributed by atoms with Gasteiger partial charge >= 0.3 is 0 Å². The van der Waals surface area contributed by atoms with Crippen LogP contribution in [-0.4, -0.2) is 18.3 Å². The van der Waals surface area contributed by atoms with Crippen LogP contribution in [0.2, 0.25) is 5.02 Å². The fourth-order valence-corrected chi connectivity index (χ4v) is 1.34. The van der Waals surface area contributed by atoms with Gasteiger partial charge in [-0.15, -0.1) is 0 Å². The van der Waals surface area contributed by atoms with Gasteiger partial charge in [0.2, 0.25) is 0 Å². The molecule has 2 nitrogen and oxygen atoms in total. The maximum Gasteiger partial charge on any atom is 0.124 e. The molecule has 0 aliphatic rings. The molecule has 1 aromatic rings. The van der Waals surface area contributed by atoms with Gasteiger partial charge in [0.15, 0.2) is 0 Å². The highest BCUT2D eigenvalue weighted by atomic mass is 35.5. The molecule has 0 bridgehead atoms. The fraction of sp³-hybridized carbons (Fsp3) is 0.500. The zero-order chi connectivity index (χ0) is 12.2. The Labute approximate surface area is 100.0 Å². The fourth-order valence-electron chi connectivity index (χ4n) is 1.12. The Kier molecular flexibility index (Phi) is 4.71. The van der Waals surface area contributed by atoms with Gasteiger partial charge in [0.25, 0.3) is 0 Å². The van der Waals surface area contributed by atoms with E-state index in [2.05, 4.69) is 0 Å². The molecule has 0 amide bonds. The highest BCUT2D eigenvalue weighted by Crippen LogP contribution is 2.20. The third kappa shape index (κ3) is 4.08. The summed E-state index contributed by atoms with van der Waals surface area (Å²) in [5.74, 6) is -0.357. The van der Waals surface area contributed by atoms with Crippen molar-refractivity contribution in [3.8, 4) is 0 Å².